The van der Waals surface area contributed by atoms with Crippen molar-refractivity contribution < 1.29 is 19.1 Å². The van der Waals surface area contributed by atoms with Gasteiger partial charge < -0.3 is 19.9 Å². The minimum atomic E-state index is -0.507. The lowest BCUT2D eigenvalue weighted by Gasteiger charge is -2.40. The molecule has 2 aliphatic rings. The quantitative estimate of drug-likeness (QED) is 0.824. The molecule has 0 radical (unpaired) electrons. The summed E-state index contributed by atoms with van der Waals surface area (Å²) in [7, 11) is 1.72. The highest BCUT2D eigenvalue weighted by Crippen LogP contribution is 2.25. The summed E-state index contributed by atoms with van der Waals surface area (Å²) in [4.78, 5) is 39.4. The summed E-state index contributed by atoms with van der Waals surface area (Å²) in [6.07, 6.45) is 1.32. The van der Waals surface area contributed by atoms with Crippen LogP contribution in [-0.4, -0.2) is 65.5 Å². The zero-order valence-corrected chi connectivity index (χ0v) is 15.3. The van der Waals surface area contributed by atoms with E-state index in [1.807, 2.05) is 27.7 Å². The summed E-state index contributed by atoms with van der Waals surface area (Å²) < 4.78 is 5.39. The van der Waals surface area contributed by atoms with E-state index in [0.717, 1.165) is 0 Å². The Labute approximate surface area is 143 Å². The Hall–Kier alpha value is -1.79. The number of nitrogens with zero attached hydrogens (tertiary/aromatic N) is 2. The molecular weight excluding hydrogens is 310 g/mol. The predicted molar refractivity (Wildman–Crippen MR) is 89.3 cm³/mol. The van der Waals surface area contributed by atoms with Gasteiger partial charge in [0.05, 0.1) is 5.92 Å². The number of amides is 3. The standard InChI is InChI=1S/C17H29N3O4/c1-16(2,3)24-15(23)20-8-6-17(4,7-9-20)18-14(22)12-10-13(21)19(5)11-12/h12H,6-11H2,1-5H3,(H,18,22)/t12-/m0/s1. The summed E-state index contributed by atoms with van der Waals surface area (Å²) >= 11 is 0. The van der Waals surface area contributed by atoms with E-state index in [9.17, 15) is 14.4 Å². The molecule has 0 aliphatic carbocycles. The monoisotopic (exact) mass is 339 g/mol. The average molecular weight is 339 g/mol. The van der Waals surface area contributed by atoms with E-state index >= 15 is 0 Å². The first kappa shape index (κ1) is 18.5. The van der Waals surface area contributed by atoms with Gasteiger partial charge in [-0.1, -0.05) is 0 Å². The number of carbonyl (C=O) groups excluding carboxylic acids is 3. The van der Waals surface area contributed by atoms with E-state index in [-0.39, 0.29) is 35.8 Å². The van der Waals surface area contributed by atoms with E-state index in [1.54, 1.807) is 16.8 Å². The molecule has 24 heavy (non-hydrogen) atoms. The van der Waals surface area contributed by atoms with Crippen LogP contribution < -0.4 is 5.32 Å². The van der Waals surface area contributed by atoms with Gasteiger partial charge in [0.15, 0.2) is 0 Å². The third-order valence-electron chi connectivity index (χ3n) is 4.66. The van der Waals surface area contributed by atoms with Gasteiger partial charge in [-0.2, -0.15) is 0 Å². The molecular formula is C17H29N3O4. The van der Waals surface area contributed by atoms with Crippen molar-refractivity contribution in [3.63, 3.8) is 0 Å². The average Bonchev–Trinajstić information content (AvgIpc) is 2.77. The van der Waals surface area contributed by atoms with Crippen LogP contribution in [0, 0.1) is 5.92 Å². The molecule has 1 N–H and O–H groups in total. The van der Waals surface area contributed by atoms with Crippen molar-refractivity contribution in [1.29, 1.82) is 0 Å². The molecule has 3 amide bonds. The van der Waals surface area contributed by atoms with Crippen molar-refractivity contribution in [2.75, 3.05) is 26.7 Å². The molecule has 7 heteroatoms. The second-order valence-corrected chi connectivity index (χ2v) is 8.19. The highest BCUT2D eigenvalue weighted by Gasteiger charge is 2.38. The fourth-order valence-electron chi connectivity index (χ4n) is 3.07. The molecule has 0 bridgehead atoms. The van der Waals surface area contributed by atoms with Gasteiger partial charge in [0.1, 0.15) is 5.60 Å². The van der Waals surface area contributed by atoms with Gasteiger partial charge >= 0.3 is 6.09 Å². The molecule has 2 rings (SSSR count). The van der Waals surface area contributed by atoms with E-state index in [1.165, 1.54) is 0 Å². The fourth-order valence-corrected chi connectivity index (χ4v) is 3.07. The van der Waals surface area contributed by atoms with Crippen LogP contribution >= 0.6 is 0 Å². The Kier molecular flexibility index (Phi) is 5.11. The molecule has 0 aromatic carbocycles. The Morgan fingerprint density at radius 1 is 1.25 bits per heavy atom. The predicted octanol–water partition coefficient (Wildman–Crippen LogP) is 1.37. The van der Waals surface area contributed by atoms with Crippen molar-refractivity contribution in [3.8, 4) is 0 Å². The molecule has 7 nitrogen and oxygen atoms in total. The number of hydrogen-bond donors (Lipinski definition) is 1. The zero-order chi connectivity index (χ0) is 18.1. The van der Waals surface area contributed by atoms with E-state index in [4.69, 9.17) is 4.74 Å². The van der Waals surface area contributed by atoms with Crippen LogP contribution in [0.2, 0.25) is 0 Å². The smallest absolute Gasteiger partial charge is 0.410 e. The van der Waals surface area contributed by atoms with Crippen LogP contribution in [-0.2, 0) is 14.3 Å². The maximum absolute atomic E-state index is 12.4. The number of nitrogens with one attached hydrogen (secondary N) is 1. The van der Waals surface area contributed by atoms with Crippen LogP contribution in [0.3, 0.4) is 0 Å². The van der Waals surface area contributed by atoms with Gasteiger partial charge in [-0.15, -0.1) is 0 Å². The van der Waals surface area contributed by atoms with E-state index in [2.05, 4.69) is 5.32 Å². The molecule has 0 spiro atoms. The Bertz CT molecular complexity index is 518. The lowest BCUT2D eigenvalue weighted by molar-refractivity contribution is -0.129. The summed E-state index contributed by atoms with van der Waals surface area (Å²) in [6, 6.07) is 0. The summed E-state index contributed by atoms with van der Waals surface area (Å²) in [5.74, 6) is -0.329. The topological polar surface area (TPSA) is 79.0 Å². The fraction of sp³-hybridized carbons (Fsp3) is 0.824. The first-order valence-electron chi connectivity index (χ1n) is 8.53. The molecule has 0 unspecified atom stereocenters. The van der Waals surface area contributed by atoms with E-state index in [0.29, 0.717) is 32.5 Å². The second kappa shape index (κ2) is 6.61. The maximum atomic E-state index is 12.4. The zero-order valence-electron chi connectivity index (χ0n) is 15.3. The number of likely N-dealkylation sites (tertiary alicyclic amines) is 2. The van der Waals surface area contributed by atoms with Gasteiger partial charge in [0, 0.05) is 38.6 Å². The Balaban J connectivity index is 1.85. The molecule has 0 aromatic rings. The lowest BCUT2D eigenvalue weighted by atomic mass is 9.89. The molecule has 2 aliphatic heterocycles. The minimum Gasteiger partial charge on any atom is -0.444 e. The van der Waals surface area contributed by atoms with Gasteiger partial charge in [0.25, 0.3) is 0 Å². The normalized spacial score (nSPS) is 24.0. The highest BCUT2D eigenvalue weighted by molar-refractivity contribution is 5.89. The summed E-state index contributed by atoms with van der Waals surface area (Å²) in [5.41, 5.74) is -0.854. The lowest BCUT2D eigenvalue weighted by Crippen LogP contribution is -2.56. The number of carbonyl (C=O) groups is 3. The molecule has 0 saturated carbocycles. The van der Waals surface area contributed by atoms with Crippen molar-refractivity contribution in [3.05, 3.63) is 0 Å². The largest absolute Gasteiger partial charge is 0.444 e. The Morgan fingerprint density at radius 2 is 1.83 bits per heavy atom. The molecule has 1 atom stereocenters. The molecule has 2 fully saturated rings. The number of rotatable bonds is 2. The second-order valence-electron chi connectivity index (χ2n) is 8.19. The van der Waals surface area contributed by atoms with Gasteiger partial charge in [0.2, 0.25) is 11.8 Å². The third kappa shape index (κ3) is 4.61. The molecule has 136 valence electrons. The number of ether oxygens (including phenoxy) is 1. The van der Waals surface area contributed by atoms with Gasteiger partial charge in [-0.3, -0.25) is 9.59 Å². The minimum absolute atomic E-state index is 0.0139. The van der Waals surface area contributed by atoms with Crippen molar-refractivity contribution in [2.45, 2.75) is 58.1 Å². The van der Waals surface area contributed by atoms with Crippen molar-refractivity contribution in [2.24, 2.45) is 5.92 Å². The van der Waals surface area contributed by atoms with Crippen molar-refractivity contribution >= 4 is 17.9 Å². The Morgan fingerprint density at radius 3 is 2.29 bits per heavy atom. The maximum Gasteiger partial charge on any atom is 0.410 e. The van der Waals surface area contributed by atoms with Gasteiger partial charge in [-0.25, -0.2) is 4.79 Å². The third-order valence-corrected chi connectivity index (χ3v) is 4.66. The SMILES string of the molecule is CN1C[C@@H](C(=O)NC2(C)CCN(C(=O)OC(C)(C)C)CC2)CC1=O. The van der Waals surface area contributed by atoms with Gasteiger partial charge in [-0.05, 0) is 40.5 Å². The van der Waals surface area contributed by atoms with E-state index < -0.39 is 5.60 Å². The van der Waals surface area contributed by atoms with Crippen LogP contribution in [0.4, 0.5) is 4.79 Å². The highest BCUT2D eigenvalue weighted by atomic mass is 16.6. The molecule has 2 heterocycles. The van der Waals surface area contributed by atoms with Crippen LogP contribution in [0.5, 0.6) is 0 Å². The first-order chi connectivity index (χ1) is 11.0. The van der Waals surface area contributed by atoms with Crippen LogP contribution in [0.15, 0.2) is 0 Å². The molecule has 2 saturated heterocycles. The van der Waals surface area contributed by atoms with Crippen LogP contribution in [0.25, 0.3) is 0 Å². The molecule has 0 aromatic heterocycles. The number of piperidine rings is 1. The summed E-state index contributed by atoms with van der Waals surface area (Å²) in [6.45, 7) is 9.12. The summed E-state index contributed by atoms with van der Waals surface area (Å²) in [5, 5.41) is 3.09. The number of hydrogen-bond acceptors (Lipinski definition) is 4. The van der Waals surface area contributed by atoms with Crippen molar-refractivity contribution in [1.82, 2.24) is 15.1 Å². The first-order valence-corrected chi connectivity index (χ1v) is 8.53. The van der Waals surface area contributed by atoms with Crippen LogP contribution in [0.1, 0.15) is 47.0 Å².